The fourth-order valence-corrected chi connectivity index (χ4v) is 1.28. The molecule has 1 heterocycles. The molecule has 0 aliphatic carbocycles. The van der Waals surface area contributed by atoms with Crippen molar-refractivity contribution in [2.45, 2.75) is 26.8 Å². The number of nitrogens with zero attached hydrogens (tertiary/aromatic N) is 2. The maximum atomic E-state index is 11.8. The Kier molecular flexibility index (Phi) is 4.28. The minimum Gasteiger partial charge on any atom is -0.382 e. The Balaban J connectivity index is 2.74. The Morgan fingerprint density at radius 3 is 2.62 bits per heavy atom. The summed E-state index contributed by atoms with van der Waals surface area (Å²) in [6, 6.07) is 3.99. The maximum absolute atomic E-state index is 11.8. The summed E-state index contributed by atoms with van der Waals surface area (Å²) >= 11 is 0. The van der Waals surface area contributed by atoms with Gasteiger partial charge < -0.3 is 10.2 Å². The van der Waals surface area contributed by atoms with E-state index >= 15 is 0 Å². The van der Waals surface area contributed by atoms with Crippen LogP contribution < -0.4 is 5.32 Å². The van der Waals surface area contributed by atoms with Gasteiger partial charge in [-0.3, -0.25) is 4.79 Å². The van der Waals surface area contributed by atoms with Crippen LogP contribution in [0.5, 0.6) is 0 Å². The van der Waals surface area contributed by atoms with Crippen LogP contribution in [-0.2, 0) is 0 Å². The van der Waals surface area contributed by atoms with Gasteiger partial charge in [0.2, 0.25) is 0 Å². The molecule has 1 aromatic rings. The normalized spacial score (nSPS) is 10.3. The smallest absolute Gasteiger partial charge is 0.272 e. The third-order valence-corrected chi connectivity index (χ3v) is 2.26. The molecular formula is C12H19N3O. The Bertz CT molecular complexity index is 346. The zero-order valence-electron chi connectivity index (χ0n) is 10.3. The molecule has 0 saturated heterocycles. The molecule has 88 valence electrons. The Hall–Kier alpha value is -1.58. The number of amides is 1. The maximum Gasteiger partial charge on any atom is 0.272 e. The van der Waals surface area contributed by atoms with Crippen molar-refractivity contribution in [2.75, 3.05) is 18.9 Å². The Labute approximate surface area is 96.7 Å². The number of carbonyl (C=O) groups excluding carboxylic acids is 1. The molecule has 4 heteroatoms. The lowest BCUT2D eigenvalue weighted by molar-refractivity contribution is 0.0797. The first-order valence-electron chi connectivity index (χ1n) is 5.52. The summed E-state index contributed by atoms with van der Waals surface area (Å²) in [5, 5.41) is 3.23. The van der Waals surface area contributed by atoms with E-state index in [1.165, 1.54) is 0 Å². The number of anilines is 1. The van der Waals surface area contributed by atoms with E-state index in [1.807, 2.05) is 13.0 Å². The molecule has 1 amide bonds. The number of hydrogen-bond donors (Lipinski definition) is 1. The van der Waals surface area contributed by atoms with Crippen molar-refractivity contribution in [2.24, 2.45) is 0 Å². The third-order valence-electron chi connectivity index (χ3n) is 2.26. The van der Waals surface area contributed by atoms with Crippen molar-refractivity contribution in [1.29, 1.82) is 0 Å². The molecule has 0 aliphatic rings. The zero-order valence-corrected chi connectivity index (χ0v) is 10.3. The van der Waals surface area contributed by atoms with Gasteiger partial charge in [0.25, 0.3) is 5.91 Å². The number of rotatable bonds is 4. The van der Waals surface area contributed by atoms with Crippen molar-refractivity contribution < 1.29 is 4.79 Å². The van der Waals surface area contributed by atoms with Gasteiger partial charge in [0, 0.05) is 19.6 Å². The standard InChI is InChI=1S/C12H19N3O/c1-5-15(4)12(16)11-7-6-10(8-13-11)14-9(2)3/h6-9,14H,5H2,1-4H3. The van der Waals surface area contributed by atoms with Crippen LogP contribution in [0.1, 0.15) is 31.3 Å². The minimum atomic E-state index is -0.0430. The number of pyridine rings is 1. The van der Waals surface area contributed by atoms with Crippen LogP contribution in [0.4, 0.5) is 5.69 Å². The van der Waals surface area contributed by atoms with Crippen LogP contribution in [0, 0.1) is 0 Å². The van der Waals surface area contributed by atoms with Crippen molar-refractivity contribution in [3.05, 3.63) is 24.0 Å². The average Bonchev–Trinajstić information content (AvgIpc) is 2.27. The van der Waals surface area contributed by atoms with Crippen molar-refractivity contribution in [3.8, 4) is 0 Å². The van der Waals surface area contributed by atoms with Crippen LogP contribution in [0.25, 0.3) is 0 Å². The van der Waals surface area contributed by atoms with Gasteiger partial charge in [-0.25, -0.2) is 4.98 Å². The molecule has 0 aromatic carbocycles. The van der Waals surface area contributed by atoms with Crippen molar-refractivity contribution in [3.63, 3.8) is 0 Å². The van der Waals surface area contributed by atoms with E-state index in [2.05, 4.69) is 24.1 Å². The molecule has 0 bridgehead atoms. The topological polar surface area (TPSA) is 45.2 Å². The highest BCUT2D eigenvalue weighted by Gasteiger charge is 2.10. The molecule has 0 saturated carbocycles. The monoisotopic (exact) mass is 221 g/mol. The van der Waals surface area contributed by atoms with E-state index in [0.29, 0.717) is 18.3 Å². The average molecular weight is 221 g/mol. The van der Waals surface area contributed by atoms with Crippen LogP contribution >= 0.6 is 0 Å². The largest absolute Gasteiger partial charge is 0.382 e. The Morgan fingerprint density at radius 1 is 1.50 bits per heavy atom. The number of aromatic nitrogens is 1. The number of carbonyl (C=O) groups is 1. The van der Waals surface area contributed by atoms with Gasteiger partial charge in [-0.05, 0) is 32.9 Å². The van der Waals surface area contributed by atoms with Crippen molar-refractivity contribution in [1.82, 2.24) is 9.88 Å². The van der Waals surface area contributed by atoms with Gasteiger partial charge in [0.05, 0.1) is 11.9 Å². The first-order chi connectivity index (χ1) is 7.54. The van der Waals surface area contributed by atoms with E-state index in [4.69, 9.17) is 0 Å². The second-order valence-electron chi connectivity index (χ2n) is 4.05. The SMILES string of the molecule is CCN(C)C(=O)c1ccc(NC(C)C)cn1. The molecule has 0 atom stereocenters. The molecule has 1 aromatic heterocycles. The first kappa shape index (κ1) is 12.5. The second kappa shape index (κ2) is 5.49. The van der Waals surface area contributed by atoms with Gasteiger partial charge in [-0.2, -0.15) is 0 Å². The van der Waals surface area contributed by atoms with E-state index in [-0.39, 0.29) is 5.91 Å². The van der Waals surface area contributed by atoms with E-state index in [1.54, 1.807) is 24.2 Å². The second-order valence-corrected chi connectivity index (χ2v) is 4.05. The molecule has 1 rings (SSSR count). The van der Waals surface area contributed by atoms with Gasteiger partial charge in [-0.1, -0.05) is 0 Å². The molecule has 0 aliphatic heterocycles. The van der Waals surface area contributed by atoms with Crippen LogP contribution in [0.2, 0.25) is 0 Å². The molecule has 0 spiro atoms. The fraction of sp³-hybridized carbons (Fsp3) is 0.500. The molecular weight excluding hydrogens is 202 g/mol. The van der Waals surface area contributed by atoms with Gasteiger partial charge in [0.1, 0.15) is 5.69 Å². The van der Waals surface area contributed by atoms with E-state index in [0.717, 1.165) is 5.69 Å². The van der Waals surface area contributed by atoms with Gasteiger partial charge >= 0.3 is 0 Å². The van der Waals surface area contributed by atoms with E-state index in [9.17, 15) is 4.79 Å². The molecule has 4 nitrogen and oxygen atoms in total. The highest BCUT2D eigenvalue weighted by atomic mass is 16.2. The first-order valence-corrected chi connectivity index (χ1v) is 5.52. The summed E-state index contributed by atoms with van der Waals surface area (Å²) in [5.74, 6) is -0.0430. The summed E-state index contributed by atoms with van der Waals surface area (Å²) in [5.41, 5.74) is 1.42. The van der Waals surface area contributed by atoms with E-state index < -0.39 is 0 Å². The summed E-state index contributed by atoms with van der Waals surface area (Å²) in [6.45, 7) is 6.74. The summed E-state index contributed by atoms with van der Waals surface area (Å²) < 4.78 is 0. The lowest BCUT2D eigenvalue weighted by atomic mass is 10.3. The molecule has 0 fully saturated rings. The van der Waals surface area contributed by atoms with Crippen LogP contribution in [-0.4, -0.2) is 35.4 Å². The third kappa shape index (κ3) is 3.22. The molecule has 16 heavy (non-hydrogen) atoms. The fourth-order valence-electron chi connectivity index (χ4n) is 1.28. The zero-order chi connectivity index (χ0) is 12.1. The lowest BCUT2D eigenvalue weighted by Gasteiger charge is -2.14. The molecule has 0 unspecified atom stereocenters. The highest BCUT2D eigenvalue weighted by Crippen LogP contribution is 2.08. The summed E-state index contributed by atoms with van der Waals surface area (Å²) in [7, 11) is 1.77. The number of nitrogens with one attached hydrogen (secondary N) is 1. The van der Waals surface area contributed by atoms with Crippen molar-refractivity contribution >= 4 is 11.6 Å². The quantitative estimate of drug-likeness (QED) is 0.845. The predicted molar refractivity (Wildman–Crippen MR) is 65.6 cm³/mol. The summed E-state index contributed by atoms with van der Waals surface area (Å²) in [4.78, 5) is 17.5. The molecule has 0 radical (unpaired) electrons. The van der Waals surface area contributed by atoms with Gasteiger partial charge in [-0.15, -0.1) is 0 Å². The predicted octanol–water partition coefficient (Wildman–Crippen LogP) is 1.99. The molecule has 1 N–H and O–H groups in total. The van der Waals surface area contributed by atoms with Crippen LogP contribution in [0.3, 0.4) is 0 Å². The Morgan fingerprint density at radius 2 is 2.19 bits per heavy atom. The highest BCUT2D eigenvalue weighted by molar-refractivity contribution is 5.92. The minimum absolute atomic E-state index is 0.0430. The summed E-state index contributed by atoms with van der Waals surface area (Å²) in [6.07, 6.45) is 1.69. The van der Waals surface area contributed by atoms with Crippen LogP contribution in [0.15, 0.2) is 18.3 Å². The lowest BCUT2D eigenvalue weighted by Crippen LogP contribution is -2.27. The van der Waals surface area contributed by atoms with Gasteiger partial charge in [0.15, 0.2) is 0 Å². The number of hydrogen-bond acceptors (Lipinski definition) is 3.